The summed E-state index contributed by atoms with van der Waals surface area (Å²) in [6, 6.07) is 2.28. The minimum absolute atomic E-state index is 0.301. The molecule has 2 nitrogen and oxygen atoms in total. The number of unbranched alkanes of at least 4 members (excludes halogenated alkanes) is 1. The molecule has 1 aromatic carbocycles. The maximum absolute atomic E-state index is 8.81. The summed E-state index contributed by atoms with van der Waals surface area (Å²) in [5, 5.41) is 8.81. The van der Waals surface area contributed by atoms with Crippen molar-refractivity contribution in [3.8, 4) is 0 Å². The van der Waals surface area contributed by atoms with Crippen molar-refractivity contribution in [2.45, 2.75) is 47.1 Å². The summed E-state index contributed by atoms with van der Waals surface area (Å²) >= 11 is 0. The molecule has 2 heteroatoms. The van der Waals surface area contributed by atoms with Crippen LogP contribution in [0.5, 0.6) is 0 Å². The lowest BCUT2D eigenvalue weighted by molar-refractivity contribution is 0.261. The van der Waals surface area contributed by atoms with E-state index in [1.54, 1.807) is 0 Å². The van der Waals surface area contributed by atoms with Crippen LogP contribution in [0.15, 0.2) is 6.07 Å². The van der Waals surface area contributed by atoms with Gasteiger partial charge in [-0.15, -0.1) is 0 Å². The molecule has 0 saturated carbocycles. The SMILES string of the molecule is Cc1cc(C)c(C)c(CN(C)CCCCO)c1C. The number of aryl methyl sites for hydroxylation is 2. The van der Waals surface area contributed by atoms with E-state index in [0.717, 1.165) is 25.9 Å². The lowest BCUT2D eigenvalue weighted by atomic mass is 9.94. The van der Waals surface area contributed by atoms with Crippen LogP contribution in [0.3, 0.4) is 0 Å². The summed E-state index contributed by atoms with van der Waals surface area (Å²) in [6.07, 6.45) is 1.96. The van der Waals surface area contributed by atoms with E-state index in [4.69, 9.17) is 5.11 Å². The van der Waals surface area contributed by atoms with Gasteiger partial charge in [0.15, 0.2) is 0 Å². The number of aliphatic hydroxyl groups excluding tert-OH is 1. The highest BCUT2D eigenvalue weighted by molar-refractivity contribution is 5.43. The first-order chi connectivity index (χ1) is 8.47. The van der Waals surface area contributed by atoms with Gasteiger partial charge in [-0.25, -0.2) is 0 Å². The average molecular weight is 249 g/mol. The van der Waals surface area contributed by atoms with Gasteiger partial charge in [0.25, 0.3) is 0 Å². The van der Waals surface area contributed by atoms with Gasteiger partial charge < -0.3 is 10.0 Å². The van der Waals surface area contributed by atoms with E-state index in [2.05, 4.69) is 45.7 Å². The molecule has 0 bridgehead atoms. The molecule has 0 heterocycles. The minimum Gasteiger partial charge on any atom is -0.396 e. The molecule has 1 rings (SSSR count). The number of hydrogen-bond donors (Lipinski definition) is 1. The molecule has 0 aliphatic heterocycles. The number of benzene rings is 1. The maximum Gasteiger partial charge on any atom is 0.0431 e. The number of nitrogens with zero attached hydrogens (tertiary/aromatic N) is 1. The van der Waals surface area contributed by atoms with Crippen LogP contribution in [-0.2, 0) is 6.54 Å². The van der Waals surface area contributed by atoms with Crippen LogP contribution in [0.2, 0.25) is 0 Å². The third-order valence-corrected chi connectivity index (χ3v) is 3.90. The Morgan fingerprint density at radius 2 is 1.56 bits per heavy atom. The fourth-order valence-electron chi connectivity index (χ4n) is 2.38. The fourth-order valence-corrected chi connectivity index (χ4v) is 2.38. The first-order valence-electron chi connectivity index (χ1n) is 6.83. The topological polar surface area (TPSA) is 23.5 Å². The zero-order valence-corrected chi connectivity index (χ0v) is 12.5. The van der Waals surface area contributed by atoms with Gasteiger partial charge in [-0.05, 0) is 81.9 Å². The molecule has 18 heavy (non-hydrogen) atoms. The van der Waals surface area contributed by atoms with Gasteiger partial charge in [0.05, 0.1) is 0 Å². The summed E-state index contributed by atoms with van der Waals surface area (Å²) < 4.78 is 0. The van der Waals surface area contributed by atoms with Crippen LogP contribution in [0, 0.1) is 27.7 Å². The molecular formula is C16H27NO. The monoisotopic (exact) mass is 249 g/mol. The Hall–Kier alpha value is -0.860. The molecule has 102 valence electrons. The standard InChI is InChI=1S/C16H27NO/c1-12-10-13(2)15(4)16(14(12)3)11-17(5)8-6-7-9-18/h10,18H,6-9,11H2,1-5H3. The van der Waals surface area contributed by atoms with Gasteiger partial charge >= 0.3 is 0 Å². The molecule has 0 spiro atoms. The fraction of sp³-hybridized carbons (Fsp3) is 0.625. The van der Waals surface area contributed by atoms with Crippen LogP contribution in [0.4, 0.5) is 0 Å². The van der Waals surface area contributed by atoms with Crippen molar-refractivity contribution >= 4 is 0 Å². The zero-order valence-electron chi connectivity index (χ0n) is 12.5. The van der Waals surface area contributed by atoms with Crippen molar-refractivity contribution < 1.29 is 5.11 Å². The molecule has 0 fully saturated rings. The van der Waals surface area contributed by atoms with Crippen LogP contribution >= 0.6 is 0 Å². The van der Waals surface area contributed by atoms with Crippen LogP contribution in [-0.4, -0.2) is 30.2 Å². The van der Waals surface area contributed by atoms with Crippen molar-refractivity contribution in [3.05, 3.63) is 33.9 Å². The van der Waals surface area contributed by atoms with Gasteiger partial charge in [-0.2, -0.15) is 0 Å². The second kappa shape index (κ2) is 6.91. The molecule has 1 N–H and O–H groups in total. The average Bonchev–Trinajstić information content (AvgIpc) is 2.32. The molecule has 0 amide bonds. The zero-order chi connectivity index (χ0) is 13.7. The summed E-state index contributed by atoms with van der Waals surface area (Å²) in [5.41, 5.74) is 7.09. The van der Waals surface area contributed by atoms with E-state index in [-0.39, 0.29) is 0 Å². The van der Waals surface area contributed by atoms with Gasteiger partial charge in [0.1, 0.15) is 0 Å². The van der Waals surface area contributed by atoms with E-state index >= 15 is 0 Å². The summed E-state index contributed by atoms with van der Waals surface area (Å²) in [7, 11) is 2.16. The van der Waals surface area contributed by atoms with E-state index in [9.17, 15) is 0 Å². The predicted octanol–water partition coefficient (Wildman–Crippen LogP) is 3.12. The van der Waals surface area contributed by atoms with Crippen molar-refractivity contribution in [2.75, 3.05) is 20.2 Å². The number of aliphatic hydroxyl groups is 1. The quantitative estimate of drug-likeness (QED) is 0.783. The second-order valence-electron chi connectivity index (χ2n) is 5.41. The van der Waals surface area contributed by atoms with Crippen molar-refractivity contribution in [1.82, 2.24) is 4.90 Å². The molecule has 0 aromatic heterocycles. The van der Waals surface area contributed by atoms with Crippen molar-refractivity contribution in [2.24, 2.45) is 0 Å². The molecular weight excluding hydrogens is 222 g/mol. The van der Waals surface area contributed by atoms with Crippen LogP contribution < -0.4 is 0 Å². The highest BCUT2D eigenvalue weighted by atomic mass is 16.2. The maximum atomic E-state index is 8.81. The summed E-state index contributed by atoms with van der Waals surface area (Å²) in [6.45, 7) is 11.2. The Morgan fingerprint density at radius 3 is 2.06 bits per heavy atom. The third-order valence-electron chi connectivity index (χ3n) is 3.90. The highest BCUT2D eigenvalue weighted by Crippen LogP contribution is 2.22. The molecule has 0 radical (unpaired) electrons. The molecule has 0 atom stereocenters. The molecule has 0 saturated heterocycles. The van der Waals surface area contributed by atoms with E-state index in [1.807, 2.05) is 0 Å². The van der Waals surface area contributed by atoms with E-state index in [0.29, 0.717) is 6.61 Å². The molecule has 0 aliphatic rings. The molecule has 1 aromatic rings. The largest absolute Gasteiger partial charge is 0.396 e. The van der Waals surface area contributed by atoms with Gasteiger partial charge in [0, 0.05) is 13.2 Å². The Balaban J connectivity index is 2.77. The van der Waals surface area contributed by atoms with Crippen LogP contribution in [0.25, 0.3) is 0 Å². The second-order valence-corrected chi connectivity index (χ2v) is 5.41. The number of rotatable bonds is 6. The van der Waals surface area contributed by atoms with Crippen molar-refractivity contribution in [3.63, 3.8) is 0 Å². The Bertz CT molecular complexity index is 372. The first kappa shape index (κ1) is 15.2. The van der Waals surface area contributed by atoms with E-state index < -0.39 is 0 Å². The predicted molar refractivity (Wildman–Crippen MR) is 78.0 cm³/mol. The van der Waals surface area contributed by atoms with Gasteiger partial charge in [0.2, 0.25) is 0 Å². The van der Waals surface area contributed by atoms with E-state index in [1.165, 1.54) is 27.8 Å². The Kier molecular flexibility index (Phi) is 5.83. The molecule has 0 unspecified atom stereocenters. The summed E-state index contributed by atoms with van der Waals surface area (Å²) in [4.78, 5) is 2.35. The van der Waals surface area contributed by atoms with Gasteiger partial charge in [-0.3, -0.25) is 0 Å². The van der Waals surface area contributed by atoms with Gasteiger partial charge in [-0.1, -0.05) is 6.07 Å². The molecule has 0 aliphatic carbocycles. The minimum atomic E-state index is 0.301. The Labute approximate surface area is 112 Å². The highest BCUT2D eigenvalue weighted by Gasteiger charge is 2.10. The lowest BCUT2D eigenvalue weighted by Crippen LogP contribution is -2.21. The van der Waals surface area contributed by atoms with Crippen molar-refractivity contribution in [1.29, 1.82) is 0 Å². The normalized spacial score (nSPS) is 11.3. The third kappa shape index (κ3) is 3.82. The Morgan fingerprint density at radius 1 is 1.00 bits per heavy atom. The lowest BCUT2D eigenvalue weighted by Gasteiger charge is -2.21. The van der Waals surface area contributed by atoms with Crippen LogP contribution in [0.1, 0.15) is 40.7 Å². The smallest absolute Gasteiger partial charge is 0.0431 e. The number of hydrogen-bond acceptors (Lipinski definition) is 2. The first-order valence-corrected chi connectivity index (χ1v) is 6.83. The summed E-state index contributed by atoms with van der Waals surface area (Å²) in [5.74, 6) is 0.